The number of allylic oxidation sites excluding steroid dienone is 1. The largest absolute Gasteiger partial charge is 0.497 e. The number of benzene rings is 2. The molecule has 0 bridgehead atoms. The van der Waals surface area contributed by atoms with Crippen LogP contribution in [0.1, 0.15) is 27.9 Å². The van der Waals surface area contributed by atoms with Crippen molar-refractivity contribution in [3.05, 3.63) is 71.3 Å². The summed E-state index contributed by atoms with van der Waals surface area (Å²) < 4.78 is 10.1. The highest BCUT2D eigenvalue weighted by atomic mass is 16.5. The lowest BCUT2D eigenvalue weighted by Crippen LogP contribution is -2.37. The summed E-state index contributed by atoms with van der Waals surface area (Å²) in [5.41, 5.74) is 1.33. The predicted molar refractivity (Wildman–Crippen MR) is 95.6 cm³/mol. The monoisotopic (exact) mass is 336 g/mol. The molecule has 1 atom stereocenters. The number of methoxy groups -OCH3 is 2. The van der Waals surface area contributed by atoms with Gasteiger partial charge in [0.15, 0.2) is 5.78 Å². The van der Waals surface area contributed by atoms with E-state index in [0.717, 1.165) is 16.9 Å². The number of hydrogen-bond donors (Lipinski definition) is 0. The minimum absolute atomic E-state index is 0.158. The SMILES string of the molecule is COC(=O)C1(C/C=C/c2ccc(OC)cc2)Cc2ccccc2C1=O. The van der Waals surface area contributed by atoms with Crippen molar-refractivity contribution >= 4 is 17.8 Å². The molecule has 2 aromatic rings. The number of ether oxygens (including phenoxy) is 2. The maximum absolute atomic E-state index is 12.9. The van der Waals surface area contributed by atoms with Gasteiger partial charge >= 0.3 is 5.97 Å². The van der Waals surface area contributed by atoms with Gasteiger partial charge in [-0.15, -0.1) is 0 Å². The molecule has 0 saturated heterocycles. The standard InChI is InChI=1S/C21H20O4/c1-24-17-11-9-15(10-12-17)6-5-13-21(20(23)25-2)14-16-7-3-4-8-18(16)19(21)22/h3-12H,13-14H2,1-2H3/b6-5+. The summed E-state index contributed by atoms with van der Waals surface area (Å²) in [6.45, 7) is 0. The second kappa shape index (κ2) is 6.93. The average Bonchev–Trinajstić information content (AvgIpc) is 2.95. The number of carbonyl (C=O) groups is 2. The predicted octanol–water partition coefficient (Wildman–Crippen LogP) is 3.70. The van der Waals surface area contributed by atoms with Crippen LogP contribution in [0.4, 0.5) is 0 Å². The Morgan fingerprint density at radius 1 is 1.12 bits per heavy atom. The smallest absolute Gasteiger partial charge is 0.320 e. The van der Waals surface area contributed by atoms with Crippen molar-refractivity contribution in [2.24, 2.45) is 5.41 Å². The zero-order chi connectivity index (χ0) is 17.9. The number of hydrogen-bond acceptors (Lipinski definition) is 4. The number of rotatable bonds is 5. The first-order valence-corrected chi connectivity index (χ1v) is 8.12. The van der Waals surface area contributed by atoms with Crippen molar-refractivity contribution in [1.82, 2.24) is 0 Å². The molecule has 0 aromatic heterocycles. The van der Waals surface area contributed by atoms with Crippen LogP contribution in [-0.4, -0.2) is 26.0 Å². The minimum atomic E-state index is -1.17. The molecular formula is C21H20O4. The highest BCUT2D eigenvalue weighted by Gasteiger charge is 2.51. The van der Waals surface area contributed by atoms with Crippen LogP contribution in [0, 0.1) is 5.41 Å². The molecule has 0 saturated carbocycles. The van der Waals surface area contributed by atoms with Gasteiger partial charge < -0.3 is 9.47 Å². The summed E-state index contributed by atoms with van der Waals surface area (Å²) in [6.07, 6.45) is 4.45. The fourth-order valence-electron chi connectivity index (χ4n) is 3.28. The summed E-state index contributed by atoms with van der Waals surface area (Å²) >= 11 is 0. The lowest BCUT2D eigenvalue weighted by atomic mass is 9.80. The number of carbonyl (C=O) groups excluding carboxylic acids is 2. The molecule has 0 amide bonds. The Morgan fingerprint density at radius 2 is 1.84 bits per heavy atom. The van der Waals surface area contributed by atoms with Crippen molar-refractivity contribution in [2.45, 2.75) is 12.8 Å². The summed E-state index contributed by atoms with van der Waals surface area (Å²) in [4.78, 5) is 25.3. The van der Waals surface area contributed by atoms with E-state index in [9.17, 15) is 9.59 Å². The first-order chi connectivity index (χ1) is 12.1. The molecule has 0 aliphatic heterocycles. The lowest BCUT2D eigenvalue weighted by Gasteiger charge is -2.22. The Hall–Kier alpha value is -2.88. The van der Waals surface area contributed by atoms with Gasteiger partial charge in [0.2, 0.25) is 0 Å². The van der Waals surface area contributed by atoms with E-state index in [2.05, 4.69) is 0 Å². The molecule has 4 heteroatoms. The van der Waals surface area contributed by atoms with E-state index in [1.165, 1.54) is 7.11 Å². The Balaban J connectivity index is 1.84. The van der Waals surface area contributed by atoms with E-state index < -0.39 is 11.4 Å². The van der Waals surface area contributed by atoms with E-state index in [-0.39, 0.29) is 5.78 Å². The molecule has 0 spiro atoms. The van der Waals surface area contributed by atoms with Crippen molar-refractivity contribution in [3.63, 3.8) is 0 Å². The third-order valence-electron chi connectivity index (χ3n) is 4.66. The second-order valence-corrected chi connectivity index (χ2v) is 6.12. The Bertz CT molecular complexity index is 820. The number of esters is 1. The van der Waals surface area contributed by atoms with Gasteiger partial charge in [0, 0.05) is 5.56 Å². The van der Waals surface area contributed by atoms with Gasteiger partial charge in [-0.05, 0) is 36.1 Å². The molecule has 1 aliphatic rings. The summed E-state index contributed by atoms with van der Waals surface area (Å²) in [7, 11) is 2.95. The van der Waals surface area contributed by atoms with Crippen LogP contribution in [-0.2, 0) is 16.0 Å². The van der Waals surface area contributed by atoms with E-state index in [1.54, 1.807) is 13.2 Å². The van der Waals surface area contributed by atoms with Crippen molar-refractivity contribution in [3.8, 4) is 5.75 Å². The Labute approximate surface area is 147 Å². The molecule has 25 heavy (non-hydrogen) atoms. The third kappa shape index (κ3) is 3.07. The normalized spacial score (nSPS) is 19.0. The van der Waals surface area contributed by atoms with Gasteiger partial charge in [0.25, 0.3) is 0 Å². The summed E-state index contributed by atoms with van der Waals surface area (Å²) in [5, 5.41) is 0. The quantitative estimate of drug-likeness (QED) is 0.617. The van der Waals surface area contributed by atoms with Gasteiger partial charge in [-0.25, -0.2) is 0 Å². The fourth-order valence-corrected chi connectivity index (χ4v) is 3.28. The lowest BCUT2D eigenvalue weighted by molar-refractivity contribution is -0.149. The first-order valence-electron chi connectivity index (χ1n) is 8.12. The zero-order valence-corrected chi connectivity index (χ0v) is 14.3. The fraction of sp³-hybridized carbons (Fsp3) is 0.238. The highest BCUT2D eigenvalue weighted by molar-refractivity contribution is 6.16. The Kier molecular flexibility index (Phi) is 4.70. The van der Waals surface area contributed by atoms with Gasteiger partial charge in [-0.3, -0.25) is 9.59 Å². The molecule has 2 aromatic carbocycles. The molecule has 128 valence electrons. The zero-order valence-electron chi connectivity index (χ0n) is 14.3. The van der Waals surface area contributed by atoms with Crippen LogP contribution < -0.4 is 4.74 Å². The first kappa shape index (κ1) is 17.0. The van der Waals surface area contributed by atoms with Crippen molar-refractivity contribution in [2.75, 3.05) is 14.2 Å². The molecule has 0 radical (unpaired) electrons. The van der Waals surface area contributed by atoms with Crippen LogP contribution in [0.2, 0.25) is 0 Å². The molecule has 1 unspecified atom stereocenters. The van der Waals surface area contributed by atoms with E-state index in [4.69, 9.17) is 9.47 Å². The molecule has 0 fully saturated rings. The Morgan fingerprint density at radius 3 is 2.48 bits per heavy atom. The molecule has 4 nitrogen and oxygen atoms in total. The second-order valence-electron chi connectivity index (χ2n) is 6.12. The van der Waals surface area contributed by atoms with Gasteiger partial charge in [0.05, 0.1) is 14.2 Å². The van der Waals surface area contributed by atoms with Crippen LogP contribution >= 0.6 is 0 Å². The maximum Gasteiger partial charge on any atom is 0.320 e. The van der Waals surface area contributed by atoms with Gasteiger partial charge in [0.1, 0.15) is 11.2 Å². The van der Waals surface area contributed by atoms with E-state index >= 15 is 0 Å². The van der Waals surface area contributed by atoms with Gasteiger partial charge in [-0.1, -0.05) is 48.6 Å². The van der Waals surface area contributed by atoms with Crippen LogP contribution in [0.15, 0.2) is 54.6 Å². The van der Waals surface area contributed by atoms with Crippen LogP contribution in [0.25, 0.3) is 6.08 Å². The average molecular weight is 336 g/mol. The summed E-state index contributed by atoms with van der Waals surface area (Å²) in [5.74, 6) is 0.145. The summed E-state index contributed by atoms with van der Waals surface area (Å²) in [6, 6.07) is 14.9. The van der Waals surface area contributed by atoms with Crippen LogP contribution in [0.3, 0.4) is 0 Å². The number of fused-ring (bicyclic) bond motifs is 1. The third-order valence-corrected chi connectivity index (χ3v) is 4.66. The van der Waals surface area contributed by atoms with Crippen molar-refractivity contribution in [1.29, 1.82) is 0 Å². The number of Topliss-reactive ketones (excluding diaryl/α,β-unsaturated/α-hetero) is 1. The molecule has 0 heterocycles. The van der Waals surface area contributed by atoms with Crippen molar-refractivity contribution < 1.29 is 19.1 Å². The van der Waals surface area contributed by atoms with E-state index in [1.807, 2.05) is 54.6 Å². The molecule has 0 N–H and O–H groups in total. The topological polar surface area (TPSA) is 52.6 Å². The number of ketones is 1. The molecule has 3 rings (SSSR count). The highest BCUT2D eigenvalue weighted by Crippen LogP contribution is 2.41. The van der Waals surface area contributed by atoms with E-state index in [0.29, 0.717) is 18.4 Å². The molecular weight excluding hydrogens is 316 g/mol. The minimum Gasteiger partial charge on any atom is -0.497 e. The molecule has 1 aliphatic carbocycles. The van der Waals surface area contributed by atoms with Gasteiger partial charge in [-0.2, -0.15) is 0 Å². The maximum atomic E-state index is 12.9. The van der Waals surface area contributed by atoms with Crippen LogP contribution in [0.5, 0.6) is 5.75 Å².